The smallest absolute Gasteiger partial charge is 0.0543 e. The molecular weight excluding hydrogens is 254 g/mol. The minimum Gasteiger partial charge on any atom is -0.309 e. The summed E-state index contributed by atoms with van der Waals surface area (Å²) in [5.74, 6) is 0.761. The number of aryl methyl sites for hydroxylation is 1. The van der Waals surface area contributed by atoms with Gasteiger partial charge in [0.25, 0.3) is 0 Å². The maximum atomic E-state index is 12.4. The molecule has 0 saturated heterocycles. The van der Waals surface area contributed by atoms with E-state index in [0.29, 0.717) is 0 Å². The van der Waals surface area contributed by atoms with Crippen LogP contribution in [0, 0.1) is 0 Å². The highest BCUT2D eigenvalue weighted by Crippen LogP contribution is 2.31. The van der Waals surface area contributed by atoms with Crippen molar-refractivity contribution in [2.24, 2.45) is 0 Å². The Kier molecular flexibility index (Phi) is 5.59. The summed E-state index contributed by atoms with van der Waals surface area (Å²) in [6.07, 6.45) is 4.45. The molecule has 3 unspecified atom stereocenters. The van der Waals surface area contributed by atoms with Gasteiger partial charge in [0.1, 0.15) is 0 Å². The molecule has 0 bridgehead atoms. The molecule has 2 nitrogen and oxygen atoms in total. The summed E-state index contributed by atoms with van der Waals surface area (Å²) in [4.78, 5) is 0. The lowest BCUT2D eigenvalue weighted by molar-refractivity contribution is 0.491. The van der Waals surface area contributed by atoms with Crippen LogP contribution in [0.15, 0.2) is 24.3 Å². The normalized spacial score (nSPS) is 24.5. The molecule has 0 aromatic heterocycles. The van der Waals surface area contributed by atoms with Gasteiger partial charge in [-0.3, -0.25) is 4.21 Å². The van der Waals surface area contributed by atoms with Gasteiger partial charge < -0.3 is 5.32 Å². The number of fused-ring (bicyclic) bond motifs is 1. The summed E-state index contributed by atoms with van der Waals surface area (Å²) in [6, 6.07) is 8.93. The van der Waals surface area contributed by atoms with Gasteiger partial charge in [0, 0.05) is 22.6 Å². The Balaban J connectivity index is 2.32. The largest absolute Gasteiger partial charge is 0.309 e. The molecule has 0 saturated carbocycles. The molecule has 19 heavy (non-hydrogen) atoms. The minimum atomic E-state index is -0.728. The zero-order chi connectivity index (χ0) is 13.7. The maximum absolute atomic E-state index is 12.4. The van der Waals surface area contributed by atoms with Crippen molar-refractivity contribution in [2.75, 3.05) is 12.3 Å². The van der Waals surface area contributed by atoms with Crippen LogP contribution in [0.1, 0.15) is 50.3 Å². The zero-order valence-corrected chi connectivity index (χ0v) is 12.8. The van der Waals surface area contributed by atoms with Crippen molar-refractivity contribution in [1.82, 2.24) is 5.32 Å². The van der Waals surface area contributed by atoms with E-state index >= 15 is 0 Å². The molecule has 1 aliphatic carbocycles. The standard InChI is InChI=1S/C16H25NOS/c1-3-12-17-16-14-10-6-5-8-13(14)9-7-11-15(16)19(18)4-2/h5-6,8,10,15-17H,3-4,7,9,11-12H2,1-2H3. The van der Waals surface area contributed by atoms with E-state index in [1.165, 1.54) is 11.1 Å². The van der Waals surface area contributed by atoms with Gasteiger partial charge in [0.2, 0.25) is 0 Å². The van der Waals surface area contributed by atoms with Crippen molar-refractivity contribution >= 4 is 10.8 Å². The fourth-order valence-electron chi connectivity index (χ4n) is 2.96. The molecule has 0 heterocycles. The Bertz CT molecular complexity index is 433. The van der Waals surface area contributed by atoms with Crippen LogP contribution in [0.4, 0.5) is 0 Å². The molecule has 0 spiro atoms. The molecule has 1 aliphatic rings. The highest BCUT2D eigenvalue weighted by molar-refractivity contribution is 7.85. The van der Waals surface area contributed by atoms with Crippen LogP contribution in [0.5, 0.6) is 0 Å². The van der Waals surface area contributed by atoms with Gasteiger partial charge >= 0.3 is 0 Å². The Labute approximate surface area is 119 Å². The Morgan fingerprint density at radius 1 is 1.32 bits per heavy atom. The summed E-state index contributed by atoms with van der Waals surface area (Å²) in [7, 11) is -0.728. The molecule has 1 aromatic rings. The molecule has 0 aliphatic heterocycles. The van der Waals surface area contributed by atoms with E-state index in [9.17, 15) is 4.21 Å². The van der Waals surface area contributed by atoms with E-state index in [1.54, 1.807) is 0 Å². The first-order valence-electron chi connectivity index (χ1n) is 7.46. The quantitative estimate of drug-likeness (QED) is 0.839. The van der Waals surface area contributed by atoms with E-state index in [1.807, 2.05) is 6.92 Å². The third kappa shape index (κ3) is 3.46. The van der Waals surface area contributed by atoms with Crippen molar-refractivity contribution in [3.63, 3.8) is 0 Å². The first-order chi connectivity index (χ1) is 9.27. The predicted octanol–water partition coefficient (Wildman–Crippen LogP) is 3.20. The fourth-order valence-corrected chi connectivity index (χ4v) is 4.37. The molecule has 2 rings (SSSR count). The highest BCUT2D eigenvalue weighted by Gasteiger charge is 2.30. The monoisotopic (exact) mass is 279 g/mol. The zero-order valence-electron chi connectivity index (χ0n) is 12.0. The first kappa shape index (κ1) is 14.7. The maximum Gasteiger partial charge on any atom is 0.0543 e. The van der Waals surface area contributed by atoms with Gasteiger partial charge in [-0.05, 0) is 43.4 Å². The Morgan fingerprint density at radius 2 is 2.11 bits per heavy atom. The van der Waals surface area contributed by atoms with Gasteiger partial charge in [-0.15, -0.1) is 0 Å². The number of nitrogens with one attached hydrogen (secondary N) is 1. The molecule has 3 atom stereocenters. The lowest BCUT2D eigenvalue weighted by Crippen LogP contribution is -2.35. The van der Waals surface area contributed by atoms with E-state index in [0.717, 1.165) is 38.0 Å². The van der Waals surface area contributed by atoms with E-state index in [-0.39, 0.29) is 11.3 Å². The second kappa shape index (κ2) is 7.20. The summed E-state index contributed by atoms with van der Waals surface area (Å²) in [5.41, 5.74) is 2.81. The molecule has 0 radical (unpaired) electrons. The van der Waals surface area contributed by atoms with Crippen molar-refractivity contribution in [2.45, 2.75) is 50.8 Å². The van der Waals surface area contributed by atoms with Gasteiger partial charge in [0.05, 0.1) is 5.25 Å². The predicted molar refractivity (Wildman–Crippen MR) is 82.9 cm³/mol. The number of hydrogen-bond donors (Lipinski definition) is 1. The lowest BCUT2D eigenvalue weighted by Gasteiger charge is -2.27. The van der Waals surface area contributed by atoms with Crippen LogP contribution in [0.3, 0.4) is 0 Å². The molecule has 3 heteroatoms. The number of hydrogen-bond acceptors (Lipinski definition) is 2. The van der Waals surface area contributed by atoms with Crippen LogP contribution in [0.25, 0.3) is 0 Å². The third-order valence-corrected chi connectivity index (χ3v) is 5.69. The Morgan fingerprint density at radius 3 is 2.84 bits per heavy atom. The summed E-state index contributed by atoms with van der Waals surface area (Å²) in [5, 5.41) is 3.90. The topological polar surface area (TPSA) is 29.1 Å². The summed E-state index contributed by atoms with van der Waals surface area (Å²) < 4.78 is 12.4. The van der Waals surface area contributed by atoms with Gasteiger partial charge in [-0.1, -0.05) is 38.1 Å². The summed E-state index contributed by atoms with van der Waals surface area (Å²) >= 11 is 0. The second-order valence-corrected chi connectivity index (χ2v) is 7.18. The molecule has 106 valence electrons. The average Bonchev–Trinajstić information content (AvgIpc) is 2.63. The molecular formula is C16H25NOS. The van der Waals surface area contributed by atoms with E-state index < -0.39 is 10.8 Å². The molecule has 1 aromatic carbocycles. The van der Waals surface area contributed by atoms with Crippen molar-refractivity contribution in [1.29, 1.82) is 0 Å². The van der Waals surface area contributed by atoms with E-state index in [4.69, 9.17) is 0 Å². The van der Waals surface area contributed by atoms with Crippen molar-refractivity contribution in [3.05, 3.63) is 35.4 Å². The molecule has 0 fully saturated rings. The SMILES string of the molecule is CCCNC1c2ccccc2CCCC1S(=O)CC. The van der Waals surface area contributed by atoms with E-state index in [2.05, 4.69) is 36.5 Å². The lowest BCUT2D eigenvalue weighted by atomic mass is 9.99. The van der Waals surface area contributed by atoms with Gasteiger partial charge in [-0.25, -0.2) is 0 Å². The Hall–Kier alpha value is -0.670. The van der Waals surface area contributed by atoms with Crippen LogP contribution in [-0.2, 0) is 17.2 Å². The van der Waals surface area contributed by atoms with Gasteiger partial charge in [0.15, 0.2) is 0 Å². The van der Waals surface area contributed by atoms with Crippen LogP contribution < -0.4 is 5.32 Å². The minimum absolute atomic E-state index is 0.263. The van der Waals surface area contributed by atoms with Crippen molar-refractivity contribution in [3.8, 4) is 0 Å². The van der Waals surface area contributed by atoms with Gasteiger partial charge in [-0.2, -0.15) is 0 Å². The first-order valence-corrected chi connectivity index (χ1v) is 8.84. The third-order valence-electron chi connectivity index (χ3n) is 3.93. The molecule has 0 amide bonds. The highest BCUT2D eigenvalue weighted by atomic mass is 32.2. The number of rotatable bonds is 5. The second-order valence-electron chi connectivity index (χ2n) is 5.23. The van der Waals surface area contributed by atoms with Crippen molar-refractivity contribution < 1.29 is 4.21 Å². The van der Waals surface area contributed by atoms with Crippen LogP contribution >= 0.6 is 0 Å². The van der Waals surface area contributed by atoms with Crippen LogP contribution in [0.2, 0.25) is 0 Å². The summed E-state index contributed by atoms with van der Waals surface area (Å²) in [6.45, 7) is 5.21. The van der Waals surface area contributed by atoms with Crippen LogP contribution in [-0.4, -0.2) is 21.8 Å². The number of benzene rings is 1. The fraction of sp³-hybridized carbons (Fsp3) is 0.625. The average molecular weight is 279 g/mol. The molecule has 1 N–H and O–H groups in total.